The van der Waals surface area contributed by atoms with E-state index in [2.05, 4.69) is 10.0 Å². The molecule has 9 nitrogen and oxygen atoms in total. The van der Waals surface area contributed by atoms with E-state index in [1.54, 1.807) is 0 Å². The van der Waals surface area contributed by atoms with Gasteiger partial charge in [0.05, 0.1) is 12.7 Å². The lowest BCUT2D eigenvalue weighted by atomic mass is 10.00. The van der Waals surface area contributed by atoms with Gasteiger partial charge in [0.1, 0.15) is 0 Å². The lowest BCUT2D eigenvalue weighted by molar-refractivity contribution is -0.00573. The molecule has 2 rings (SSSR count). The molecule has 140 valence electrons. The van der Waals surface area contributed by atoms with Gasteiger partial charge in [-0.1, -0.05) is 0 Å². The zero-order chi connectivity index (χ0) is 17.7. The summed E-state index contributed by atoms with van der Waals surface area (Å²) in [4.78, 5) is 12.3. The Bertz CT molecular complexity index is 519. The molecule has 0 unspecified atom stereocenters. The third-order valence-electron chi connectivity index (χ3n) is 4.59. The summed E-state index contributed by atoms with van der Waals surface area (Å²) >= 11 is 0. The highest BCUT2D eigenvalue weighted by molar-refractivity contribution is 7.87. The van der Waals surface area contributed by atoms with Crippen molar-refractivity contribution in [3.8, 4) is 0 Å². The topological polar surface area (TPSA) is 111 Å². The van der Waals surface area contributed by atoms with Gasteiger partial charge in [-0.2, -0.15) is 17.4 Å². The Morgan fingerprint density at radius 3 is 2.58 bits per heavy atom. The fraction of sp³-hybridized carbons (Fsp3) is 0.929. The highest BCUT2D eigenvalue weighted by Gasteiger charge is 2.31. The largest absolute Gasteiger partial charge is 0.465 e. The first-order valence-electron chi connectivity index (χ1n) is 8.32. The van der Waals surface area contributed by atoms with Crippen LogP contribution in [0.25, 0.3) is 0 Å². The van der Waals surface area contributed by atoms with Crippen molar-refractivity contribution in [2.45, 2.75) is 43.9 Å². The Balaban J connectivity index is 1.82. The molecular weight excluding hydrogens is 336 g/mol. The number of amides is 1. The summed E-state index contributed by atoms with van der Waals surface area (Å²) in [6.07, 6.45) is 2.16. The number of ether oxygens (including phenoxy) is 1. The van der Waals surface area contributed by atoms with Gasteiger partial charge in [0, 0.05) is 39.3 Å². The monoisotopic (exact) mass is 364 g/mol. The Hall–Kier alpha value is -0.940. The van der Waals surface area contributed by atoms with Crippen molar-refractivity contribution in [3.63, 3.8) is 0 Å². The molecule has 10 heteroatoms. The quantitative estimate of drug-likeness (QED) is 0.595. The molecule has 24 heavy (non-hydrogen) atoms. The number of piperidine rings is 2. The summed E-state index contributed by atoms with van der Waals surface area (Å²) in [5, 5.41) is 12.3. The van der Waals surface area contributed by atoms with Gasteiger partial charge in [0.25, 0.3) is 10.2 Å². The highest BCUT2D eigenvalue weighted by Crippen LogP contribution is 2.16. The molecule has 0 bridgehead atoms. The van der Waals surface area contributed by atoms with E-state index >= 15 is 0 Å². The zero-order valence-electron chi connectivity index (χ0n) is 14.3. The summed E-state index contributed by atoms with van der Waals surface area (Å²) in [6, 6.07) is -0.281. The van der Waals surface area contributed by atoms with Crippen molar-refractivity contribution in [3.05, 3.63) is 0 Å². The summed E-state index contributed by atoms with van der Waals surface area (Å²) in [6.45, 7) is 2.22. The Labute approximate surface area is 143 Å². The van der Waals surface area contributed by atoms with E-state index in [0.717, 1.165) is 19.4 Å². The Morgan fingerprint density at radius 2 is 2.00 bits per heavy atom. The fourth-order valence-corrected chi connectivity index (χ4v) is 3.89. The average molecular weight is 364 g/mol. The summed E-state index contributed by atoms with van der Waals surface area (Å²) < 4.78 is 33.9. The molecule has 1 amide bonds. The summed E-state index contributed by atoms with van der Waals surface area (Å²) in [5.74, 6) is 0. The second-order valence-electron chi connectivity index (χ2n) is 6.52. The molecule has 0 spiro atoms. The number of nitrogens with zero attached hydrogens (tertiary/aromatic N) is 2. The van der Waals surface area contributed by atoms with Crippen LogP contribution in [0.1, 0.15) is 25.7 Å². The lowest BCUT2D eigenvalue weighted by Gasteiger charge is -2.35. The normalized spacial score (nSPS) is 26.7. The molecule has 2 aliphatic heterocycles. The zero-order valence-corrected chi connectivity index (χ0v) is 15.1. The molecule has 2 saturated heterocycles. The van der Waals surface area contributed by atoms with Crippen LogP contribution in [0.5, 0.6) is 0 Å². The maximum Gasteiger partial charge on any atom is 0.407 e. The molecule has 2 aliphatic rings. The van der Waals surface area contributed by atoms with Crippen molar-refractivity contribution in [2.24, 2.45) is 0 Å². The van der Waals surface area contributed by atoms with E-state index in [-0.39, 0.29) is 18.2 Å². The van der Waals surface area contributed by atoms with Crippen molar-refractivity contribution < 1.29 is 23.1 Å². The fourth-order valence-electron chi connectivity index (χ4n) is 3.02. The molecule has 3 N–H and O–H groups in total. The minimum absolute atomic E-state index is 0.0235. The van der Waals surface area contributed by atoms with Gasteiger partial charge in [-0.25, -0.2) is 4.79 Å². The maximum absolute atomic E-state index is 12.0. The van der Waals surface area contributed by atoms with Crippen molar-refractivity contribution in [1.29, 1.82) is 0 Å². The number of likely N-dealkylation sites (tertiary alicyclic amines) is 1. The molecule has 0 aromatic rings. The van der Waals surface area contributed by atoms with Crippen LogP contribution >= 0.6 is 0 Å². The molecular formula is C14H28N4O5S. The maximum atomic E-state index is 12.0. The number of rotatable bonds is 6. The van der Waals surface area contributed by atoms with Crippen LogP contribution in [0.3, 0.4) is 0 Å². The third kappa shape index (κ3) is 5.28. The van der Waals surface area contributed by atoms with E-state index in [1.165, 1.54) is 23.3 Å². The molecule has 2 fully saturated rings. The minimum atomic E-state index is -3.47. The third-order valence-corrected chi connectivity index (χ3v) is 6.15. The second kappa shape index (κ2) is 8.43. The molecule has 2 heterocycles. The lowest BCUT2D eigenvalue weighted by Crippen LogP contribution is -2.57. The predicted octanol–water partition coefficient (Wildman–Crippen LogP) is -0.338. The van der Waals surface area contributed by atoms with E-state index in [1.807, 2.05) is 0 Å². The van der Waals surface area contributed by atoms with Crippen LogP contribution in [0.4, 0.5) is 4.79 Å². The number of nitrogens with one attached hydrogen (secondary N) is 2. The number of hydrogen-bond donors (Lipinski definition) is 3. The van der Waals surface area contributed by atoms with Gasteiger partial charge < -0.3 is 20.1 Å². The standard InChI is InChI=1S/C14H28N4O5S/c1-17(2)24(21,22)16-12-4-3-7-15-13(12)10-23-11-5-8-18(9-6-11)14(19)20/h11-13,15-16H,3-10H2,1-2H3,(H,19,20)/t12-,13-/m1/s1. The van der Waals surface area contributed by atoms with Gasteiger partial charge in [-0.15, -0.1) is 0 Å². The Morgan fingerprint density at radius 1 is 1.33 bits per heavy atom. The molecule has 2 atom stereocenters. The molecule has 0 radical (unpaired) electrons. The van der Waals surface area contributed by atoms with Gasteiger partial charge >= 0.3 is 6.09 Å². The van der Waals surface area contributed by atoms with Crippen molar-refractivity contribution in [1.82, 2.24) is 19.2 Å². The smallest absolute Gasteiger partial charge is 0.407 e. The van der Waals surface area contributed by atoms with Crippen LogP contribution in [0.2, 0.25) is 0 Å². The average Bonchev–Trinajstić information content (AvgIpc) is 2.54. The van der Waals surface area contributed by atoms with Gasteiger partial charge in [-0.3, -0.25) is 0 Å². The van der Waals surface area contributed by atoms with Gasteiger partial charge in [0.15, 0.2) is 0 Å². The van der Waals surface area contributed by atoms with Crippen LogP contribution in [-0.4, -0.2) is 87.3 Å². The SMILES string of the molecule is CN(C)S(=O)(=O)N[C@@H]1CCCN[C@@H]1COC1CCN(C(=O)O)CC1. The van der Waals surface area contributed by atoms with Gasteiger partial charge in [0.2, 0.25) is 0 Å². The summed E-state index contributed by atoms with van der Waals surface area (Å²) in [5.41, 5.74) is 0. The van der Waals surface area contributed by atoms with E-state index < -0.39 is 16.3 Å². The predicted molar refractivity (Wildman–Crippen MR) is 89.1 cm³/mol. The van der Waals surface area contributed by atoms with E-state index in [0.29, 0.717) is 32.5 Å². The van der Waals surface area contributed by atoms with Crippen LogP contribution < -0.4 is 10.0 Å². The van der Waals surface area contributed by atoms with E-state index in [9.17, 15) is 13.2 Å². The molecule has 0 aliphatic carbocycles. The first-order chi connectivity index (χ1) is 11.3. The second-order valence-corrected chi connectivity index (χ2v) is 8.43. The van der Waals surface area contributed by atoms with Crippen LogP contribution in [0, 0.1) is 0 Å². The number of carbonyl (C=O) groups is 1. The van der Waals surface area contributed by atoms with Crippen molar-refractivity contribution >= 4 is 16.3 Å². The van der Waals surface area contributed by atoms with Crippen LogP contribution in [0.15, 0.2) is 0 Å². The number of hydrogen-bond acceptors (Lipinski definition) is 5. The summed E-state index contributed by atoms with van der Waals surface area (Å²) in [7, 11) is -0.474. The van der Waals surface area contributed by atoms with Crippen molar-refractivity contribution in [2.75, 3.05) is 40.3 Å². The minimum Gasteiger partial charge on any atom is -0.465 e. The van der Waals surface area contributed by atoms with Gasteiger partial charge in [-0.05, 0) is 32.2 Å². The molecule has 0 aromatic heterocycles. The first kappa shape index (κ1) is 19.4. The highest BCUT2D eigenvalue weighted by atomic mass is 32.2. The molecule has 0 aromatic carbocycles. The number of carboxylic acid groups (broad SMARTS) is 1. The van der Waals surface area contributed by atoms with Crippen LogP contribution in [-0.2, 0) is 14.9 Å². The molecule has 0 saturated carbocycles. The Kier molecular flexibility index (Phi) is 6.81. The van der Waals surface area contributed by atoms with E-state index in [4.69, 9.17) is 9.84 Å². The first-order valence-corrected chi connectivity index (χ1v) is 9.76.